The van der Waals surface area contributed by atoms with E-state index >= 15 is 0 Å². The van der Waals surface area contributed by atoms with E-state index in [9.17, 15) is 19.2 Å². The van der Waals surface area contributed by atoms with E-state index in [1.165, 1.54) is 29.1 Å². The third-order valence-corrected chi connectivity index (χ3v) is 6.10. The molecule has 2 amide bonds. The second-order valence-corrected chi connectivity index (χ2v) is 8.38. The van der Waals surface area contributed by atoms with Crippen LogP contribution in [0.1, 0.15) is 23.6 Å². The average Bonchev–Trinajstić information content (AvgIpc) is 3.01. The van der Waals surface area contributed by atoms with Gasteiger partial charge in [-0.2, -0.15) is 6.08 Å². The summed E-state index contributed by atoms with van der Waals surface area (Å²) in [5, 5.41) is 2.81. The molecule has 1 aromatic rings. The number of ketones is 1. The quantitative estimate of drug-likeness (QED) is 0.203. The molecule has 3 rings (SSSR count). The van der Waals surface area contributed by atoms with Gasteiger partial charge in [-0.15, -0.1) is 0 Å². The van der Waals surface area contributed by atoms with Crippen LogP contribution in [0.15, 0.2) is 23.9 Å². The number of rotatable bonds is 7. The Labute approximate surface area is 195 Å². The first-order chi connectivity index (χ1) is 13.9. The van der Waals surface area contributed by atoms with Crippen molar-refractivity contribution >= 4 is 52.2 Å². The van der Waals surface area contributed by atoms with Crippen molar-refractivity contribution in [2.75, 3.05) is 18.8 Å². The summed E-state index contributed by atoms with van der Waals surface area (Å²) in [5.74, 6) is -0.426. The number of carbonyl (C=O) groups is 4. The topological polar surface area (TPSA) is 86.8 Å². The molecule has 0 aromatic heterocycles. The summed E-state index contributed by atoms with van der Waals surface area (Å²) < 4.78 is 0.431. The standard InChI is InChI=1S/C20H20N3O4S2.Mn/c1-13(25)6-17(11-24)22-5-4-15-3-2-14(7-16(15)9-22)8-21-18(26)10-23-19(27)12-29-20(23)28;/h2-3,7,11H,4-5,8-10,12H2,1H3,(H,21,26);/q-1;. The van der Waals surface area contributed by atoms with Gasteiger partial charge in [0.05, 0.1) is 11.5 Å². The molecule has 1 saturated heterocycles. The van der Waals surface area contributed by atoms with Crippen molar-refractivity contribution in [1.82, 2.24) is 15.1 Å². The first-order valence-electron chi connectivity index (χ1n) is 9.06. The summed E-state index contributed by atoms with van der Waals surface area (Å²) in [4.78, 5) is 49.6. The van der Waals surface area contributed by atoms with Crippen molar-refractivity contribution in [3.05, 3.63) is 46.7 Å². The first-order valence-corrected chi connectivity index (χ1v) is 10.5. The summed E-state index contributed by atoms with van der Waals surface area (Å²) in [5.41, 5.74) is 3.39. The number of allylic oxidation sites excluding steroid dienone is 2. The smallest absolute Gasteiger partial charge is 0.240 e. The molecule has 0 atom stereocenters. The molecule has 10 heteroatoms. The van der Waals surface area contributed by atoms with E-state index in [-0.39, 0.29) is 52.7 Å². The van der Waals surface area contributed by atoms with Gasteiger partial charge in [0.2, 0.25) is 11.8 Å². The molecule has 2 aliphatic rings. The Balaban J connectivity index is 0.00000320. The van der Waals surface area contributed by atoms with Crippen LogP contribution in [0.5, 0.6) is 0 Å². The fraction of sp³-hybridized carbons (Fsp3) is 0.350. The molecule has 1 aromatic carbocycles. The number of thioether (sulfide) groups is 1. The third-order valence-electron chi connectivity index (χ3n) is 4.67. The van der Waals surface area contributed by atoms with Gasteiger partial charge in [-0.05, 0) is 30.0 Å². The number of nitrogens with one attached hydrogen (secondary N) is 1. The second kappa shape index (κ2) is 10.9. The first kappa shape index (κ1) is 24.3. The summed E-state index contributed by atoms with van der Waals surface area (Å²) in [6, 6.07) is 5.96. The molecule has 0 saturated carbocycles. The van der Waals surface area contributed by atoms with Crippen LogP contribution >= 0.6 is 24.0 Å². The van der Waals surface area contributed by atoms with Crippen LogP contribution in [0.25, 0.3) is 0 Å². The molecule has 1 radical (unpaired) electrons. The van der Waals surface area contributed by atoms with Crippen LogP contribution in [-0.4, -0.2) is 56.8 Å². The third kappa shape index (κ3) is 6.01. The maximum atomic E-state index is 12.2. The predicted molar refractivity (Wildman–Crippen MR) is 113 cm³/mol. The largest absolute Gasteiger partial charge is 0.408 e. The Hall–Kier alpha value is -2.00. The minimum absolute atomic E-state index is 0. The van der Waals surface area contributed by atoms with Gasteiger partial charge in [-0.1, -0.05) is 47.9 Å². The number of carbonyl (C=O) groups excluding carboxylic acids is 4. The number of benzene rings is 1. The molecule has 1 N–H and O–H groups in total. The van der Waals surface area contributed by atoms with Crippen molar-refractivity contribution in [3.8, 4) is 0 Å². The Morgan fingerprint density at radius 1 is 1.33 bits per heavy atom. The molecule has 2 heterocycles. The average molecular weight is 485 g/mol. The van der Waals surface area contributed by atoms with Gasteiger partial charge in [-0.25, -0.2) is 0 Å². The molecule has 1 fully saturated rings. The summed E-state index contributed by atoms with van der Waals surface area (Å²) >= 11 is 6.34. The zero-order chi connectivity index (χ0) is 21.0. The monoisotopic (exact) mass is 485 g/mol. The van der Waals surface area contributed by atoms with Crippen LogP contribution in [-0.2, 0) is 55.8 Å². The number of fused-ring (bicyclic) bond motifs is 1. The SMILES string of the molecule is CC(=O)[C-]=C(C=O)N1CCc2ccc(CNC(=O)CN3C(=O)CSC3=S)cc2C1.[Mn]. The number of nitrogens with zero attached hydrogens (tertiary/aromatic N) is 2. The number of amides is 2. The Morgan fingerprint density at radius 2 is 2.10 bits per heavy atom. The Morgan fingerprint density at radius 3 is 2.73 bits per heavy atom. The molecular weight excluding hydrogens is 465 g/mol. The van der Waals surface area contributed by atoms with Gasteiger partial charge in [0.25, 0.3) is 0 Å². The number of aldehydes is 1. The summed E-state index contributed by atoms with van der Waals surface area (Å²) in [6.45, 7) is 2.75. The molecule has 159 valence electrons. The number of hydrogen-bond acceptors (Lipinski definition) is 7. The van der Waals surface area contributed by atoms with E-state index in [0.29, 0.717) is 30.2 Å². The fourth-order valence-electron chi connectivity index (χ4n) is 3.22. The maximum absolute atomic E-state index is 12.2. The van der Waals surface area contributed by atoms with Crippen molar-refractivity contribution in [1.29, 1.82) is 0 Å². The van der Waals surface area contributed by atoms with E-state index in [1.807, 2.05) is 23.1 Å². The maximum Gasteiger partial charge on any atom is 0.240 e. The van der Waals surface area contributed by atoms with E-state index in [0.717, 1.165) is 17.5 Å². The molecule has 2 aliphatic heterocycles. The van der Waals surface area contributed by atoms with Crippen LogP contribution in [0.3, 0.4) is 0 Å². The Kier molecular flexibility index (Phi) is 8.78. The molecule has 0 spiro atoms. The van der Waals surface area contributed by atoms with Gasteiger partial charge in [-0.3, -0.25) is 14.5 Å². The van der Waals surface area contributed by atoms with E-state index < -0.39 is 0 Å². The summed E-state index contributed by atoms with van der Waals surface area (Å²) in [6.07, 6.45) is 3.97. The number of thiocarbonyl (C=S) groups is 1. The van der Waals surface area contributed by atoms with E-state index in [1.54, 1.807) is 0 Å². The van der Waals surface area contributed by atoms with Crippen molar-refractivity contribution in [2.45, 2.75) is 26.4 Å². The fourth-order valence-corrected chi connectivity index (χ4v) is 4.29. The number of hydrogen-bond donors (Lipinski definition) is 1. The second-order valence-electron chi connectivity index (χ2n) is 6.77. The van der Waals surface area contributed by atoms with Gasteiger partial charge in [0, 0.05) is 43.0 Å². The van der Waals surface area contributed by atoms with Gasteiger partial charge in [0.15, 0.2) is 0 Å². The predicted octanol–water partition coefficient (Wildman–Crippen LogP) is 0.994. The number of Topliss-reactive ketones (excluding diaryl/α,β-unsaturated/α-hetero) is 1. The van der Waals surface area contributed by atoms with Crippen molar-refractivity contribution in [3.63, 3.8) is 0 Å². The molecular formula is C20H20MnN3O4S2-. The minimum Gasteiger partial charge on any atom is -0.408 e. The normalized spacial score (nSPS) is 16.1. The van der Waals surface area contributed by atoms with E-state index in [4.69, 9.17) is 12.2 Å². The summed E-state index contributed by atoms with van der Waals surface area (Å²) in [7, 11) is 0. The van der Waals surface area contributed by atoms with Gasteiger partial charge >= 0.3 is 0 Å². The Bertz CT molecular complexity index is 903. The molecule has 0 unspecified atom stereocenters. The van der Waals surface area contributed by atoms with Crippen molar-refractivity contribution in [2.24, 2.45) is 0 Å². The van der Waals surface area contributed by atoms with E-state index in [2.05, 4.69) is 11.4 Å². The molecule has 0 aliphatic carbocycles. The van der Waals surface area contributed by atoms with Crippen LogP contribution in [0, 0.1) is 6.08 Å². The zero-order valence-electron chi connectivity index (χ0n) is 16.3. The minimum atomic E-state index is -0.288. The van der Waals surface area contributed by atoms with Gasteiger partial charge in [0.1, 0.15) is 10.9 Å². The zero-order valence-corrected chi connectivity index (χ0v) is 19.1. The molecule has 30 heavy (non-hydrogen) atoms. The van der Waals surface area contributed by atoms with Crippen LogP contribution in [0.4, 0.5) is 0 Å². The van der Waals surface area contributed by atoms with Crippen LogP contribution < -0.4 is 5.32 Å². The van der Waals surface area contributed by atoms with Crippen molar-refractivity contribution < 1.29 is 36.2 Å². The van der Waals surface area contributed by atoms with Crippen LogP contribution in [0.2, 0.25) is 0 Å². The molecule has 7 nitrogen and oxygen atoms in total. The molecule has 0 bridgehead atoms. The van der Waals surface area contributed by atoms with Gasteiger partial charge < -0.3 is 19.8 Å².